The Labute approximate surface area is 198 Å². The van der Waals surface area contributed by atoms with E-state index in [9.17, 15) is 13.2 Å². The van der Waals surface area contributed by atoms with E-state index in [0.29, 0.717) is 40.9 Å². The number of carbonyl (C=O) groups excluding carboxylic acids is 1. The van der Waals surface area contributed by atoms with Gasteiger partial charge in [0.05, 0.1) is 5.75 Å². The van der Waals surface area contributed by atoms with Crippen molar-refractivity contribution in [3.8, 4) is 0 Å². The fraction of sp³-hybridized carbons (Fsp3) is 0.963. The lowest BCUT2D eigenvalue weighted by Crippen LogP contribution is -2.53. The maximum absolute atomic E-state index is 12.3. The quantitative estimate of drug-likeness (QED) is 0.530. The monoisotopic (exact) mass is 466 g/mol. The minimum absolute atomic E-state index is 0.00723. The van der Waals surface area contributed by atoms with Crippen molar-refractivity contribution < 1.29 is 14.6 Å². The van der Waals surface area contributed by atoms with E-state index in [1.807, 2.05) is 0 Å². The summed E-state index contributed by atoms with van der Waals surface area (Å²) in [5.74, 6) is 3.87. The van der Waals surface area contributed by atoms with Crippen LogP contribution in [0.25, 0.3) is 0 Å². The highest BCUT2D eigenvalue weighted by molar-refractivity contribution is 7.90. The molecule has 32 heavy (non-hydrogen) atoms. The van der Waals surface area contributed by atoms with Crippen LogP contribution in [0.1, 0.15) is 99.2 Å². The van der Waals surface area contributed by atoms with E-state index in [1.165, 1.54) is 57.6 Å². The van der Waals surface area contributed by atoms with Gasteiger partial charge in [0.25, 0.3) is 0 Å². The molecule has 0 saturated heterocycles. The molecular formula is C27H47NO3S. The number of amides is 1. The van der Waals surface area contributed by atoms with Crippen LogP contribution in [0.4, 0.5) is 0 Å². The molecule has 0 aromatic rings. The first-order chi connectivity index (χ1) is 15.5. The van der Waals surface area contributed by atoms with Gasteiger partial charge in [-0.25, -0.2) is 8.42 Å². The fourth-order valence-corrected chi connectivity index (χ4v) is 9.39. The lowest BCUT2D eigenvalue weighted by molar-refractivity contribution is -0.122. The van der Waals surface area contributed by atoms with Crippen molar-refractivity contribution in [2.45, 2.75) is 97.8 Å². The van der Waals surface area contributed by atoms with E-state index in [-0.39, 0.29) is 24.6 Å². The number of fused-ring (bicyclic) bond motifs is 5. The lowest BCUT2D eigenvalue weighted by atomic mass is 9.44. The molecule has 0 aromatic heterocycles. The molecule has 0 aromatic carbocycles. The Hall–Kier alpha value is -0.580. The zero-order chi connectivity index (χ0) is 24.0. The highest BCUT2D eigenvalue weighted by Crippen LogP contribution is 2.68. The van der Waals surface area contributed by atoms with Gasteiger partial charge in [0.1, 0.15) is 9.84 Å². The van der Waals surface area contributed by atoms with Gasteiger partial charge in [-0.2, -0.15) is 0 Å². The van der Waals surface area contributed by atoms with E-state index in [2.05, 4.69) is 26.1 Å². The van der Waals surface area contributed by atoms with Gasteiger partial charge in [-0.1, -0.05) is 33.6 Å². The average Bonchev–Trinajstić information content (AvgIpc) is 3.08. The van der Waals surface area contributed by atoms with Gasteiger partial charge < -0.3 is 5.32 Å². The summed E-state index contributed by atoms with van der Waals surface area (Å²) in [5, 5.41) is 2.78. The summed E-state index contributed by atoms with van der Waals surface area (Å²) in [6.07, 6.45) is 14.4. The molecule has 0 spiro atoms. The van der Waals surface area contributed by atoms with Crippen LogP contribution >= 0.6 is 0 Å². The molecule has 5 heteroatoms. The van der Waals surface area contributed by atoms with Crippen molar-refractivity contribution in [2.24, 2.45) is 46.3 Å². The Morgan fingerprint density at radius 2 is 1.81 bits per heavy atom. The van der Waals surface area contributed by atoms with Gasteiger partial charge in [0.2, 0.25) is 5.91 Å². The Kier molecular flexibility index (Phi) is 6.68. The van der Waals surface area contributed by atoms with Crippen LogP contribution in [0.5, 0.6) is 0 Å². The number of carbonyl (C=O) groups is 1. The SMILES string of the molecule is [2H]C1C[C@@H]2CCCC[C@]2(C)[C@H]2CC[C@]3(C)C(C(C)CCC(=O)NCCS(C)(=O)=O)CCC3[C@H]12. The van der Waals surface area contributed by atoms with Crippen molar-refractivity contribution in [2.75, 3.05) is 18.6 Å². The van der Waals surface area contributed by atoms with E-state index in [0.717, 1.165) is 24.7 Å². The normalized spacial score (nSPS) is 45.2. The Balaban J connectivity index is 1.38. The maximum Gasteiger partial charge on any atom is 0.220 e. The molecule has 4 aliphatic carbocycles. The predicted octanol–water partition coefficient (Wildman–Crippen LogP) is 5.61. The van der Waals surface area contributed by atoms with Crippen LogP contribution < -0.4 is 5.32 Å². The third kappa shape index (κ3) is 4.66. The smallest absolute Gasteiger partial charge is 0.220 e. The van der Waals surface area contributed by atoms with Crippen LogP contribution in [0.15, 0.2) is 0 Å². The Morgan fingerprint density at radius 1 is 1.06 bits per heavy atom. The summed E-state index contributed by atoms with van der Waals surface area (Å²) >= 11 is 0. The molecule has 4 unspecified atom stereocenters. The molecule has 4 aliphatic rings. The summed E-state index contributed by atoms with van der Waals surface area (Å²) in [6.45, 7) is 7.64. The molecule has 0 aliphatic heterocycles. The number of hydrogen-bond acceptors (Lipinski definition) is 3. The summed E-state index contributed by atoms with van der Waals surface area (Å²) in [5.41, 5.74) is 0.778. The number of sulfone groups is 1. The van der Waals surface area contributed by atoms with E-state index in [4.69, 9.17) is 1.37 Å². The van der Waals surface area contributed by atoms with Crippen LogP contribution in [-0.4, -0.2) is 32.9 Å². The molecule has 4 rings (SSSR count). The lowest BCUT2D eigenvalue weighted by Gasteiger charge is -2.61. The minimum atomic E-state index is -3.04. The molecule has 0 radical (unpaired) electrons. The fourth-order valence-electron chi connectivity index (χ4n) is 8.92. The van der Waals surface area contributed by atoms with Gasteiger partial charge in [-0.05, 0) is 104 Å². The second kappa shape index (κ2) is 9.23. The van der Waals surface area contributed by atoms with Crippen molar-refractivity contribution in [1.82, 2.24) is 5.32 Å². The summed E-state index contributed by atoms with van der Waals surface area (Å²) in [4.78, 5) is 12.3. The second-order valence-electron chi connectivity index (χ2n) is 12.4. The third-order valence-corrected chi connectivity index (χ3v) is 11.7. The first-order valence-corrected chi connectivity index (χ1v) is 15.4. The summed E-state index contributed by atoms with van der Waals surface area (Å²) in [7, 11) is -3.04. The standard InChI is InChI=1S/C27H47NO3S/c1-19(8-13-25(29)28-17-18-32(4,30)31)22-11-12-23-21-10-9-20-7-5-6-15-26(20,2)24(21)14-16-27(22,23)3/h19-24H,5-18H2,1-4H3,(H,28,29)/t19?,20-,21-,22?,23?,24-,26-,27+/m0/s1/i10D/t10?,19?,20-,21-,22?,23?,24-,26-,27+. The van der Waals surface area contributed by atoms with Crippen LogP contribution in [-0.2, 0) is 14.6 Å². The van der Waals surface area contributed by atoms with Crippen LogP contribution in [0.2, 0.25) is 0 Å². The topological polar surface area (TPSA) is 63.2 Å². The number of nitrogens with one attached hydrogen (secondary N) is 1. The number of hydrogen-bond donors (Lipinski definition) is 1. The molecular weight excluding hydrogens is 418 g/mol. The molecule has 1 N–H and O–H groups in total. The summed E-state index contributed by atoms with van der Waals surface area (Å²) < 4.78 is 31.7. The Bertz CT molecular complexity index is 831. The first kappa shape index (κ1) is 23.2. The third-order valence-electron chi connectivity index (χ3n) is 10.7. The molecule has 184 valence electrons. The van der Waals surface area contributed by atoms with Crippen molar-refractivity contribution >= 4 is 15.7 Å². The molecule has 9 atom stereocenters. The maximum atomic E-state index is 12.3. The molecule has 4 fully saturated rings. The van der Waals surface area contributed by atoms with Crippen molar-refractivity contribution in [3.63, 3.8) is 0 Å². The average molecular weight is 467 g/mol. The molecule has 4 saturated carbocycles. The first-order valence-electron chi connectivity index (χ1n) is 13.9. The Morgan fingerprint density at radius 3 is 2.56 bits per heavy atom. The minimum Gasteiger partial charge on any atom is -0.355 e. The largest absolute Gasteiger partial charge is 0.355 e. The van der Waals surface area contributed by atoms with Crippen LogP contribution in [0.3, 0.4) is 0 Å². The molecule has 0 bridgehead atoms. The molecule has 0 heterocycles. The van der Waals surface area contributed by atoms with E-state index >= 15 is 0 Å². The van der Waals surface area contributed by atoms with Gasteiger partial charge in [-0.3, -0.25) is 4.79 Å². The highest BCUT2D eigenvalue weighted by atomic mass is 32.2. The summed E-state index contributed by atoms with van der Waals surface area (Å²) in [6, 6.07) is 0. The second-order valence-corrected chi connectivity index (χ2v) is 14.7. The van der Waals surface area contributed by atoms with Crippen molar-refractivity contribution in [3.05, 3.63) is 0 Å². The van der Waals surface area contributed by atoms with Gasteiger partial charge in [0.15, 0.2) is 0 Å². The number of rotatable bonds is 7. The van der Waals surface area contributed by atoms with E-state index in [1.54, 1.807) is 0 Å². The predicted molar refractivity (Wildman–Crippen MR) is 131 cm³/mol. The highest BCUT2D eigenvalue weighted by Gasteiger charge is 2.60. The zero-order valence-electron chi connectivity index (χ0n) is 21.9. The van der Waals surface area contributed by atoms with Crippen molar-refractivity contribution in [1.29, 1.82) is 0 Å². The molecule has 4 nitrogen and oxygen atoms in total. The molecule has 1 amide bonds. The van der Waals surface area contributed by atoms with E-state index < -0.39 is 9.84 Å². The van der Waals surface area contributed by atoms with Gasteiger partial charge in [0, 0.05) is 20.6 Å². The van der Waals surface area contributed by atoms with Gasteiger partial charge in [-0.15, -0.1) is 0 Å². The van der Waals surface area contributed by atoms with Crippen LogP contribution in [0, 0.1) is 46.3 Å². The zero-order valence-corrected chi connectivity index (χ0v) is 21.7. The van der Waals surface area contributed by atoms with Gasteiger partial charge >= 0.3 is 0 Å².